The molecule has 2 fully saturated rings. The molecule has 1 aromatic heterocycles. The number of morpholine rings is 1. The molecule has 1 unspecified atom stereocenters. The van der Waals surface area contributed by atoms with Crippen LogP contribution in [-0.2, 0) is 9.53 Å². The Balaban J connectivity index is 1.69. The summed E-state index contributed by atoms with van der Waals surface area (Å²) in [4.78, 5) is 23.5. The van der Waals surface area contributed by atoms with Gasteiger partial charge in [0.15, 0.2) is 5.96 Å². The lowest BCUT2D eigenvalue weighted by molar-refractivity contribution is -0.127. The molecule has 0 bridgehead atoms. The van der Waals surface area contributed by atoms with Crippen molar-refractivity contribution in [2.75, 3.05) is 53.5 Å². The van der Waals surface area contributed by atoms with Gasteiger partial charge in [0.25, 0.3) is 0 Å². The number of aryl methyl sites for hydroxylation is 1. The second kappa shape index (κ2) is 11.7. The van der Waals surface area contributed by atoms with Crippen molar-refractivity contribution < 1.29 is 9.53 Å². The number of rotatable bonds is 7. The highest BCUT2D eigenvalue weighted by atomic mass is 32.1. The van der Waals surface area contributed by atoms with Gasteiger partial charge in [0.05, 0.1) is 19.3 Å². The highest BCUT2D eigenvalue weighted by molar-refractivity contribution is 7.12. The molecule has 0 spiro atoms. The Morgan fingerprint density at radius 1 is 1.27 bits per heavy atom. The third-order valence-electron chi connectivity index (χ3n) is 5.86. The number of carbonyl (C=O) groups is 1. The van der Waals surface area contributed by atoms with Gasteiger partial charge in [-0.05, 0) is 31.9 Å². The number of nitrogens with one attached hydrogen (secondary N) is 2. The van der Waals surface area contributed by atoms with E-state index in [9.17, 15) is 4.79 Å². The van der Waals surface area contributed by atoms with E-state index in [1.807, 2.05) is 11.3 Å². The molecule has 2 aliphatic rings. The van der Waals surface area contributed by atoms with Crippen LogP contribution >= 0.6 is 11.3 Å². The van der Waals surface area contributed by atoms with E-state index in [0.29, 0.717) is 6.04 Å². The SMILES string of the molecule is Cc1ccc(C(CNC(=NCC(=O)N(C)C)NC2CCCCC2)N2CCOCC2)s1. The molecule has 168 valence electrons. The Bertz CT molecular complexity index is 693. The van der Waals surface area contributed by atoms with Crippen LogP contribution in [-0.4, -0.2) is 81.2 Å². The first-order chi connectivity index (χ1) is 14.5. The molecule has 1 aromatic rings. The van der Waals surface area contributed by atoms with E-state index in [4.69, 9.17) is 4.74 Å². The normalized spacial score (nSPS) is 20.0. The molecule has 1 saturated heterocycles. The first-order valence-corrected chi connectivity index (χ1v) is 12.0. The molecule has 3 rings (SSSR count). The minimum Gasteiger partial charge on any atom is -0.379 e. The summed E-state index contributed by atoms with van der Waals surface area (Å²) in [7, 11) is 3.54. The first-order valence-electron chi connectivity index (χ1n) is 11.2. The number of aliphatic imine (C=N–C) groups is 1. The molecule has 2 N–H and O–H groups in total. The van der Waals surface area contributed by atoms with E-state index in [0.717, 1.165) is 38.8 Å². The molecule has 0 aromatic carbocycles. The highest BCUT2D eigenvalue weighted by Gasteiger charge is 2.25. The van der Waals surface area contributed by atoms with Gasteiger partial charge in [-0.15, -0.1) is 11.3 Å². The number of thiophene rings is 1. The van der Waals surface area contributed by atoms with E-state index >= 15 is 0 Å². The van der Waals surface area contributed by atoms with Crippen LogP contribution < -0.4 is 10.6 Å². The maximum atomic E-state index is 12.1. The third kappa shape index (κ3) is 6.96. The molecule has 2 heterocycles. The average molecular weight is 436 g/mol. The summed E-state index contributed by atoms with van der Waals surface area (Å²) >= 11 is 1.86. The number of guanidine groups is 1. The zero-order valence-electron chi connectivity index (χ0n) is 18.7. The Morgan fingerprint density at radius 2 is 2.00 bits per heavy atom. The molecule has 1 saturated carbocycles. The smallest absolute Gasteiger partial charge is 0.243 e. The summed E-state index contributed by atoms with van der Waals surface area (Å²) < 4.78 is 5.57. The Labute approximate surface area is 184 Å². The maximum absolute atomic E-state index is 12.1. The van der Waals surface area contributed by atoms with Gasteiger partial charge in [-0.3, -0.25) is 9.69 Å². The van der Waals surface area contributed by atoms with E-state index in [1.54, 1.807) is 19.0 Å². The summed E-state index contributed by atoms with van der Waals surface area (Å²) in [5.41, 5.74) is 0. The number of likely N-dealkylation sites (N-methyl/N-ethyl adjacent to an activating group) is 1. The van der Waals surface area contributed by atoms with Crippen LogP contribution in [0.4, 0.5) is 0 Å². The number of nitrogens with zero attached hydrogens (tertiary/aromatic N) is 3. The standard InChI is InChI=1S/C22H37N5O2S/c1-17-9-10-20(30-17)19(27-11-13-29-14-12-27)15-23-22(24-16-21(28)26(2)3)25-18-7-5-4-6-8-18/h9-10,18-19H,4-8,11-16H2,1-3H3,(H2,23,24,25). The topological polar surface area (TPSA) is 69.2 Å². The largest absolute Gasteiger partial charge is 0.379 e. The molecule has 1 atom stereocenters. The van der Waals surface area contributed by atoms with Crippen molar-refractivity contribution in [1.29, 1.82) is 0 Å². The van der Waals surface area contributed by atoms with Gasteiger partial charge in [-0.2, -0.15) is 0 Å². The van der Waals surface area contributed by atoms with Crippen LogP contribution in [0.1, 0.15) is 47.9 Å². The fourth-order valence-corrected chi connectivity index (χ4v) is 5.02. The molecule has 1 aliphatic carbocycles. The predicted octanol–water partition coefficient (Wildman–Crippen LogP) is 2.39. The van der Waals surface area contributed by atoms with Crippen LogP contribution in [0.2, 0.25) is 0 Å². The third-order valence-corrected chi connectivity index (χ3v) is 6.96. The summed E-state index contributed by atoms with van der Waals surface area (Å²) in [6.07, 6.45) is 6.16. The summed E-state index contributed by atoms with van der Waals surface area (Å²) in [5.74, 6) is 0.766. The number of ether oxygens (including phenoxy) is 1. The molecule has 1 aliphatic heterocycles. The van der Waals surface area contributed by atoms with Gasteiger partial charge < -0.3 is 20.3 Å². The minimum atomic E-state index is 0.0124. The van der Waals surface area contributed by atoms with Gasteiger partial charge in [-0.1, -0.05) is 19.3 Å². The molecular formula is C22H37N5O2S. The maximum Gasteiger partial charge on any atom is 0.243 e. The highest BCUT2D eigenvalue weighted by Crippen LogP contribution is 2.28. The molecule has 8 heteroatoms. The van der Waals surface area contributed by atoms with Crippen LogP contribution in [0.25, 0.3) is 0 Å². The number of hydrogen-bond donors (Lipinski definition) is 2. The van der Waals surface area contributed by atoms with Crippen LogP contribution in [0, 0.1) is 6.92 Å². The van der Waals surface area contributed by atoms with Crippen molar-refractivity contribution in [3.05, 3.63) is 21.9 Å². The van der Waals surface area contributed by atoms with Crippen molar-refractivity contribution in [2.24, 2.45) is 4.99 Å². The van der Waals surface area contributed by atoms with Crippen molar-refractivity contribution in [3.8, 4) is 0 Å². The van der Waals surface area contributed by atoms with Gasteiger partial charge in [0.2, 0.25) is 5.91 Å². The lowest BCUT2D eigenvalue weighted by atomic mass is 9.96. The van der Waals surface area contributed by atoms with Crippen molar-refractivity contribution in [1.82, 2.24) is 20.4 Å². The fraction of sp³-hybridized carbons (Fsp3) is 0.727. The van der Waals surface area contributed by atoms with Crippen LogP contribution in [0.15, 0.2) is 17.1 Å². The lowest BCUT2D eigenvalue weighted by Crippen LogP contribution is -2.49. The average Bonchev–Trinajstić information content (AvgIpc) is 3.19. The first kappa shape index (κ1) is 23.0. The zero-order valence-corrected chi connectivity index (χ0v) is 19.5. The summed E-state index contributed by atoms with van der Waals surface area (Å²) in [6, 6.07) is 5.14. The summed E-state index contributed by atoms with van der Waals surface area (Å²) in [5, 5.41) is 7.15. The Morgan fingerprint density at radius 3 is 2.63 bits per heavy atom. The van der Waals surface area contributed by atoms with Gasteiger partial charge in [0.1, 0.15) is 6.54 Å². The van der Waals surface area contributed by atoms with Crippen LogP contribution in [0.3, 0.4) is 0 Å². The van der Waals surface area contributed by atoms with E-state index in [1.165, 1.54) is 41.9 Å². The van der Waals surface area contributed by atoms with Crippen molar-refractivity contribution in [3.63, 3.8) is 0 Å². The van der Waals surface area contributed by atoms with E-state index < -0.39 is 0 Å². The lowest BCUT2D eigenvalue weighted by Gasteiger charge is -2.34. The second-order valence-corrected chi connectivity index (χ2v) is 9.75. The van der Waals surface area contributed by atoms with Crippen LogP contribution in [0.5, 0.6) is 0 Å². The fourth-order valence-electron chi connectivity index (χ4n) is 4.01. The van der Waals surface area contributed by atoms with Crippen molar-refractivity contribution >= 4 is 23.2 Å². The molecule has 0 radical (unpaired) electrons. The Hall–Kier alpha value is -1.64. The second-order valence-electron chi connectivity index (χ2n) is 8.43. The van der Waals surface area contributed by atoms with Gasteiger partial charge in [-0.25, -0.2) is 4.99 Å². The predicted molar refractivity (Wildman–Crippen MR) is 123 cm³/mol. The zero-order chi connectivity index (χ0) is 21.3. The van der Waals surface area contributed by atoms with Gasteiger partial charge in [0, 0.05) is 49.5 Å². The number of amides is 1. The van der Waals surface area contributed by atoms with Crippen molar-refractivity contribution in [2.45, 2.75) is 51.1 Å². The van der Waals surface area contributed by atoms with Gasteiger partial charge >= 0.3 is 0 Å². The minimum absolute atomic E-state index is 0.0124. The Kier molecular flexibility index (Phi) is 8.96. The molecule has 30 heavy (non-hydrogen) atoms. The quantitative estimate of drug-likeness (QED) is 0.508. The molecule has 7 nitrogen and oxygen atoms in total. The molecular weight excluding hydrogens is 398 g/mol. The number of carbonyl (C=O) groups excluding carboxylic acids is 1. The summed E-state index contributed by atoms with van der Waals surface area (Å²) in [6.45, 7) is 6.50. The molecule has 1 amide bonds. The number of hydrogen-bond acceptors (Lipinski definition) is 5. The van der Waals surface area contributed by atoms with E-state index in [2.05, 4.69) is 39.6 Å². The van der Waals surface area contributed by atoms with E-state index in [-0.39, 0.29) is 18.5 Å². The monoisotopic (exact) mass is 435 g/mol.